The highest BCUT2D eigenvalue weighted by Gasteiger charge is 2.29. The molecule has 0 amide bonds. The molecule has 0 fully saturated rings. The summed E-state index contributed by atoms with van der Waals surface area (Å²) in [6, 6.07) is 62.0. The number of amidine groups is 1. The van der Waals surface area contributed by atoms with Crippen LogP contribution < -0.4 is 10.6 Å². The summed E-state index contributed by atoms with van der Waals surface area (Å²) in [5.74, 6) is 0.827. The van der Waals surface area contributed by atoms with E-state index in [1.54, 1.807) is 0 Å². The van der Waals surface area contributed by atoms with Gasteiger partial charge in [-0.25, -0.2) is 4.99 Å². The van der Waals surface area contributed by atoms with Gasteiger partial charge in [-0.15, -0.1) is 0 Å². The van der Waals surface area contributed by atoms with Gasteiger partial charge in [0, 0.05) is 43.8 Å². The Morgan fingerprint density at radius 2 is 0.946 bits per heavy atom. The Bertz CT molecular complexity index is 3360. The Kier molecular flexibility index (Phi) is 6.76. The molecule has 11 aromatic rings. The number of hydrogen-bond acceptors (Lipinski definition) is 5. The molecule has 0 bridgehead atoms. The molecule has 9 aromatic carbocycles. The van der Waals surface area contributed by atoms with Gasteiger partial charge < -0.3 is 14.2 Å². The van der Waals surface area contributed by atoms with Crippen LogP contribution in [-0.2, 0) is 0 Å². The Balaban J connectivity index is 1.02. The minimum absolute atomic E-state index is 0.303. The molecule has 1 aliphatic rings. The summed E-state index contributed by atoms with van der Waals surface area (Å²) in [4.78, 5) is 5.32. The van der Waals surface area contributed by atoms with E-state index >= 15 is 0 Å². The van der Waals surface area contributed by atoms with Crippen LogP contribution in [0.3, 0.4) is 0 Å². The molecule has 2 N–H and O–H groups in total. The number of hydrogen-bond donors (Lipinski definition) is 2. The molecule has 12 rings (SSSR count). The quantitative estimate of drug-likeness (QED) is 0.178. The maximum absolute atomic E-state index is 7.01. The fourth-order valence-electron chi connectivity index (χ4n) is 8.97. The van der Waals surface area contributed by atoms with Crippen molar-refractivity contribution in [2.45, 2.75) is 12.3 Å². The monoisotopic (exact) mass is 719 g/mol. The van der Waals surface area contributed by atoms with E-state index < -0.39 is 0 Å². The summed E-state index contributed by atoms with van der Waals surface area (Å²) in [5.41, 5.74) is 8.55. The number of nitrogens with one attached hydrogen (secondary N) is 2. The molecule has 1 aliphatic heterocycles. The highest BCUT2D eigenvalue weighted by atomic mass is 16.3. The van der Waals surface area contributed by atoms with Crippen molar-refractivity contribution >= 4 is 82.0 Å². The highest BCUT2D eigenvalue weighted by Crippen LogP contribution is 2.43. The van der Waals surface area contributed by atoms with Crippen LogP contribution in [-0.4, -0.2) is 5.84 Å². The summed E-state index contributed by atoms with van der Waals surface area (Å²) < 4.78 is 13.5. The Labute approximate surface area is 321 Å². The molecule has 3 heterocycles. The van der Waals surface area contributed by atoms with Crippen LogP contribution in [0.25, 0.3) is 87.3 Å². The van der Waals surface area contributed by atoms with Gasteiger partial charge in [0.2, 0.25) is 0 Å². The van der Waals surface area contributed by atoms with E-state index in [4.69, 9.17) is 13.8 Å². The number of nitrogens with zero attached hydrogens (tertiary/aromatic N) is 1. The van der Waals surface area contributed by atoms with Crippen LogP contribution in [0.1, 0.15) is 29.0 Å². The van der Waals surface area contributed by atoms with Crippen molar-refractivity contribution in [1.82, 2.24) is 10.6 Å². The molecule has 264 valence electrons. The van der Waals surface area contributed by atoms with E-state index in [0.717, 1.165) is 77.5 Å². The number of furan rings is 2. The summed E-state index contributed by atoms with van der Waals surface area (Å²) >= 11 is 0. The molecule has 0 saturated heterocycles. The molecular weight excluding hydrogens is 687 g/mol. The second kappa shape index (κ2) is 12.2. The van der Waals surface area contributed by atoms with Gasteiger partial charge in [-0.2, -0.15) is 0 Å². The fourth-order valence-corrected chi connectivity index (χ4v) is 8.97. The molecule has 0 saturated carbocycles. The summed E-state index contributed by atoms with van der Waals surface area (Å²) in [5, 5.41) is 19.4. The number of aliphatic imine (C=N–C) groups is 1. The van der Waals surface area contributed by atoms with E-state index in [2.05, 4.69) is 168 Å². The predicted octanol–water partition coefficient (Wildman–Crippen LogP) is 12.9. The van der Waals surface area contributed by atoms with E-state index in [1.807, 2.05) is 18.2 Å². The molecule has 2 aromatic heterocycles. The lowest BCUT2D eigenvalue weighted by Crippen LogP contribution is -2.45. The molecule has 0 aliphatic carbocycles. The third kappa shape index (κ3) is 4.68. The second-order valence-electron chi connectivity index (χ2n) is 14.7. The fraction of sp³-hybridized carbons (Fsp3) is 0.0392. The Morgan fingerprint density at radius 1 is 0.411 bits per heavy atom. The molecule has 0 spiro atoms. The molecule has 0 radical (unpaired) electrons. The van der Waals surface area contributed by atoms with Crippen molar-refractivity contribution in [3.63, 3.8) is 0 Å². The van der Waals surface area contributed by atoms with Gasteiger partial charge in [0.1, 0.15) is 40.5 Å². The topological polar surface area (TPSA) is 62.7 Å². The van der Waals surface area contributed by atoms with Gasteiger partial charge in [-0.1, -0.05) is 164 Å². The number of rotatable bonds is 4. The van der Waals surface area contributed by atoms with E-state index in [1.165, 1.54) is 32.3 Å². The highest BCUT2D eigenvalue weighted by molar-refractivity contribution is 6.25. The van der Waals surface area contributed by atoms with Crippen molar-refractivity contribution in [2.75, 3.05) is 0 Å². The molecule has 2 atom stereocenters. The first-order valence-electron chi connectivity index (χ1n) is 19.1. The average Bonchev–Trinajstić information content (AvgIpc) is 3.85. The van der Waals surface area contributed by atoms with Crippen molar-refractivity contribution in [3.8, 4) is 11.1 Å². The summed E-state index contributed by atoms with van der Waals surface area (Å²) in [7, 11) is 0. The maximum atomic E-state index is 7.01. The van der Waals surface area contributed by atoms with Crippen LogP contribution in [0.5, 0.6) is 0 Å². The van der Waals surface area contributed by atoms with E-state index in [0.29, 0.717) is 0 Å². The van der Waals surface area contributed by atoms with Crippen molar-refractivity contribution in [2.24, 2.45) is 4.99 Å². The normalized spacial score (nSPS) is 16.0. The summed E-state index contributed by atoms with van der Waals surface area (Å²) in [6.45, 7) is 0. The largest absolute Gasteiger partial charge is 0.455 e. The lowest BCUT2D eigenvalue weighted by Gasteiger charge is -2.32. The lowest BCUT2D eigenvalue weighted by molar-refractivity contribution is 0.408. The van der Waals surface area contributed by atoms with Crippen LogP contribution >= 0.6 is 0 Å². The van der Waals surface area contributed by atoms with Gasteiger partial charge in [0.05, 0.1) is 0 Å². The van der Waals surface area contributed by atoms with E-state index in [-0.39, 0.29) is 12.3 Å². The maximum Gasteiger partial charge on any atom is 0.143 e. The molecule has 56 heavy (non-hydrogen) atoms. The van der Waals surface area contributed by atoms with Crippen LogP contribution in [0.4, 0.5) is 0 Å². The van der Waals surface area contributed by atoms with Crippen LogP contribution in [0.15, 0.2) is 190 Å². The molecule has 5 nitrogen and oxygen atoms in total. The van der Waals surface area contributed by atoms with Crippen LogP contribution in [0.2, 0.25) is 0 Å². The van der Waals surface area contributed by atoms with E-state index in [9.17, 15) is 0 Å². The predicted molar refractivity (Wildman–Crippen MR) is 230 cm³/mol. The molecule has 2 unspecified atom stereocenters. The van der Waals surface area contributed by atoms with Crippen molar-refractivity contribution < 1.29 is 8.83 Å². The zero-order valence-corrected chi connectivity index (χ0v) is 30.2. The Hall–Kier alpha value is -7.21. The zero-order chi connectivity index (χ0) is 36.7. The number of fused-ring (bicyclic) bond motifs is 12. The molecular formula is C51H33N3O2. The van der Waals surface area contributed by atoms with Crippen molar-refractivity contribution in [1.29, 1.82) is 0 Å². The molecule has 5 heteroatoms. The number of benzene rings is 9. The first-order valence-corrected chi connectivity index (χ1v) is 19.1. The first kappa shape index (κ1) is 31.2. The SMILES string of the molecule is c1ccc(C2=NC(c3ccc4c5ccccc5c5ccccc5c4c3)NC(c3cccc4c3oc3c(-c5cccc6c5oc5ccccc56)cccc34)N2)cc1. The van der Waals surface area contributed by atoms with Gasteiger partial charge in [-0.3, -0.25) is 5.32 Å². The number of para-hydroxylation sites is 4. The van der Waals surface area contributed by atoms with Gasteiger partial charge >= 0.3 is 0 Å². The third-order valence-corrected chi connectivity index (χ3v) is 11.6. The van der Waals surface area contributed by atoms with Crippen molar-refractivity contribution in [3.05, 3.63) is 193 Å². The zero-order valence-electron chi connectivity index (χ0n) is 30.2. The first-order chi connectivity index (χ1) is 27.8. The second-order valence-corrected chi connectivity index (χ2v) is 14.7. The van der Waals surface area contributed by atoms with Gasteiger partial charge in [-0.05, 0) is 50.0 Å². The summed E-state index contributed by atoms with van der Waals surface area (Å²) in [6.07, 6.45) is -0.629. The lowest BCUT2D eigenvalue weighted by atomic mass is 9.93. The minimum atomic E-state index is -0.327. The van der Waals surface area contributed by atoms with Gasteiger partial charge in [0.25, 0.3) is 0 Å². The standard InChI is InChI=1S/C51H33N3O2/c1-2-13-30(14-3-1)49-52-50(31-27-28-36-34-17-5-4-15-32(34)33-16-6-7-18-35(33)44(36)29-31)54-51(53-49)43-25-12-24-42-41-23-11-22-40(47(41)56-48(42)43)39-21-10-20-38-37-19-8-9-26-45(37)55-46(38)39/h1-29,50-51,54H,(H,52,53). The minimum Gasteiger partial charge on any atom is -0.455 e. The van der Waals surface area contributed by atoms with Gasteiger partial charge in [0.15, 0.2) is 0 Å². The third-order valence-electron chi connectivity index (χ3n) is 11.6. The van der Waals surface area contributed by atoms with Crippen LogP contribution in [0, 0.1) is 0 Å². The average molecular weight is 720 g/mol. The Morgan fingerprint density at radius 3 is 1.66 bits per heavy atom. The smallest absolute Gasteiger partial charge is 0.143 e.